The number of nitrogens with one attached hydrogen (secondary N) is 2. The number of rotatable bonds is 12. The van der Waals surface area contributed by atoms with Crippen LogP contribution < -0.4 is 15.4 Å². The Hall–Kier alpha value is -4.28. The smallest absolute Gasteiger partial charge is 0.255 e. The number of fused-ring (bicyclic) bond motifs is 2. The minimum absolute atomic E-state index is 0.0703. The second-order valence-electron chi connectivity index (χ2n) is 13.9. The number of ether oxygens (including phenoxy) is 2. The maximum Gasteiger partial charge on any atom is 0.255 e. The summed E-state index contributed by atoms with van der Waals surface area (Å²) in [7, 11) is -1.29. The lowest BCUT2D eigenvalue weighted by Crippen LogP contribution is -2.57. The first-order chi connectivity index (χ1) is 22.0. The van der Waals surface area contributed by atoms with Crippen LogP contribution in [0.15, 0.2) is 30.6 Å². The molecule has 0 unspecified atom stereocenters. The Morgan fingerprint density at radius 3 is 2.65 bits per heavy atom. The average molecular weight is 644 g/mol. The molecule has 1 aromatic carbocycles. The topological polar surface area (TPSA) is 151 Å². The van der Waals surface area contributed by atoms with Gasteiger partial charge in [-0.1, -0.05) is 25.7 Å². The van der Waals surface area contributed by atoms with Gasteiger partial charge in [-0.05, 0) is 60.9 Å². The first kappa shape index (κ1) is 31.7. The van der Waals surface area contributed by atoms with Crippen molar-refractivity contribution in [1.82, 2.24) is 30.1 Å². The van der Waals surface area contributed by atoms with Crippen LogP contribution in [-0.4, -0.2) is 71.0 Å². The maximum atomic E-state index is 13.8. The molecule has 0 radical (unpaired) electrons. The van der Waals surface area contributed by atoms with Gasteiger partial charge in [0.05, 0.1) is 29.8 Å². The van der Waals surface area contributed by atoms with Crippen LogP contribution in [0.1, 0.15) is 53.7 Å². The number of benzene rings is 1. The highest BCUT2D eigenvalue weighted by atomic mass is 28.3. The molecule has 3 aliphatic rings. The highest BCUT2D eigenvalue weighted by Gasteiger charge is 2.43. The monoisotopic (exact) mass is 643 g/mol. The number of nitrogens with zero attached hydrogens (tertiary/aromatic N) is 5. The Balaban J connectivity index is 1.25. The Kier molecular flexibility index (Phi) is 8.85. The average Bonchev–Trinajstić information content (AvgIpc) is 3.66. The van der Waals surface area contributed by atoms with Gasteiger partial charge in [-0.25, -0.2) is 9.97 Å². The van der Waals surface area contributed by atoms with E-state index >= 15 is 0 Å². The molecule has 242 valence electrons. The van der Waals surface area contributed by atoms with Gasteiger partial charge in [0.25, 0.3) is 5.91 Å². The zero-order valence-electron chi connectivity index (χ0n) is 26.8. The fourth-order valence-corrected chi connectivity index (χ4v) is 6.77. The number of nitriles is 1. The zero-order chi connectivity index (χ0) is 32.6. The van der Waals surface area contributed by atoms with E-state index in [-0.39, 0.29) is 47.9 Å². The highest BCUT2D eigenvalue weighted by Crippen LogP contribution is 2.36. The van der Waals surface area contributed by atoms with Crippen molar-refractivity contribution in [3.05, 3.63) is 47.3 Å². The van der Waals surface area contributed by atoms with E-state index in [2.05, 4.69) is 41.3 Å². The number of aryl methyl sites for hydroxylation is 1. The molecule has 13 heteroatoms. The third kappa shape index (κ3) is 7.08. The van der Waals surface area contributed by atoms with E-state index in [4.69, 9.17) is 19.7 Å². The molecule has 1 saturated carbocycles. The molecule has 46 heavy (non-hydrogen) atoms. The van der Waals surface area contributed by atoms with Gasteiger partial charge in [-0.2, -0.15) is 5.26 Å². The van der Waals surface area contributed by atoms with E-state index in [0.29, 0.717) is 36.6 Å². The Labute approximate surface area is 269 Å². The largest absolute Gasteiger partial charge is 0.437 e. The molecule has 3 heterocycles. The van der Waals surface area contributed by atoms with Gasteiger partial charge in [-0.3, -0.25) is 14.4 Å². The number of likely N-dealkylation sites (tertiary alicyclic amines) is 1. The standard InChI is InChI=1S/C33H41N7O5Si/c1-20(41)36-27-10-8-22-7-9-24(13-25(22)27)45-28-15-35-31-30(37-28)26(18-40(31)19-44-11-12-46(2,3)4)32(42)38-29(23-5-6-23)33(43)39-16-21(14-34)17-39/h7,9,13,15,18,21,23,27,29H,5-6,8,10-12,16-17,19H2,1-4H3,(H,36,41)(H,38,42)/t27-,29-/m1/s1. The maximum absolute atomic E-state index is 13.8. The van der Waals surface area contributed by atoms with Gasteiger partial charge in [-0.15, -0.1) is 0 Å². The Morgan fingerprint density at radius 2 is 1.96 bits per heavy atom. The van der Waals surface area contributed by atoms with Crippen molar-refractivity contribution in [2.45, 2.75) is 77.1 Å². The molecule has 1 saturated heterocycles. The minimum atomic E-state index is -1.29. The number of aromatic nitrogens is 3. The molecule has 6 rings (SSSR count). The van der Waals surface area contributed by atoms with Crippen molar-refractivity contribution in [2.24, 2.45) is 11.8 Å². The first-order valence-electron chi connectivity index (χ1n) is 16.0. The summed E-state index contributed by atoms with van der Waals surface area (Å²) in [6.45, 7) is 9.96. The highest BCUT2D eigenvalue weighted by molar-refractivity contribution is 6.76. The summed E-state index contributed by atoms with van der Waals surface area (Å²) in [6, 6.07) is 8.25. The van der Waals surface area contributed by atoms with Crippen LogP contribution in [0.2, 0.25) is 25.7 Å². The fourth-order valence-electron chi connectivity index (χ4n) is 6.02. The van der Waals surface area contributed by atoms with Crippen molar-refractivity contribution in [3.8, 4) is 17.7 Å². The summed E-state index contributed by atoms with van der Waals surface area (Å²) in [4.78, 5) is 49.8. The molecule has 2 atom stereocenters. The summed E-state index contributed by atoms with van der Waals surface area (Å²) in [5.41, 5.74) is 3.27. The SMILES string of the molecule is CC(=O)N[C@@H]1CCc2ccc(Oc3cnc4c(n3)c(C(=O)N[C@@H](C(=O)N3CC(C#N)C3)C3CC3)cn4COCC[Si](C)(C)C)cc21. The van der Waals surface area contributed by atoms with Gasteiger partial charge in [0.1, 0.15) is 24.0 Å². The van der Waals surface area contributed by atoms with E-state index in [1.165, 1.54) is 18.7 Å². The number of amides is 3. The second-order valence-corrected chi connectivity index (χ2v) is 19.5. The lowest BCUT2D eigenvalue weighted by molar-refractivity contribution is -0.138. The van der Waals surface area contributed by atoms with Crippen LogP contribution in [0, 0.1) is 23.2 Å². The third-order valence-corrected chi connectivity index (χ3v) is 10.5. The van der Waals surface area contributed by atoms with Gasteiger partial charge < -0.3 is 29.6 Å². The number of hydrogen-bond acceptors (Lipinski definition) is 8. The van der Waals surface area contributed by atoms with Crippen molar-refractivity contribution < 1.29 is 23.9 Å². The lowest BCUT2D eigenvalue weighted by Gasteiger charge is -2.37. The number of carbonyl (C=O) groups excluding carboxylic acids is 3. The summed E-state index contributed by atoms with van der Waals surface area (Å²) in [6.07, 6.45) is 6.62. The molecule has 3 amide bonds. The summed E-state index contributed by atoms with van der Waals surface area (Å²) >= 11 is 0. The van der Waals surface area contributed by atoms with Crippen molar-refractivity contribution in [1.29, 1.82) is 5.26 Å². The predicted octanol–water partition coefficient (Wildman–Crippen LogP) is 4.15. The molecular weight excluding hydrogens is 602 g/mol. The summed E-state index contributed by atoms with van der Waals surface area (Å²) < 4.78 is 13.9. The zero-order valence-corrected chi connectivity index (χ0v) is 27.8. The molecule has 12 nitrogen and oxygen atoms in total. The molecule has 0 bridgehead atoms. The molecule has 1 aliphatic heterocycles. The van der Waals surface area contributed by atoms with Gasteiger partial charge >= 0.3 is 0 Å². The number of carbonyl (C=O) groups is 3. The predicted molar refractivity (Wildman–Crippen MR) is 173 cm³/mol. The van der Waals surface area contributed by atoms with Crippen molar-refractivity contribution in [2.75, 3.05) is 19.7 Å². The number of hydrogen-bond donors (Lipinski definition) is 2. The van der Waals surface area contributed by atoms with Crippen LogP contribution in [0.3, 0.4) is 0 Å². The summed E-state index contributed by atoms with van der Waals surface area (Å²) in [5.74, 6) is 0.0269. The van der Waals surface area contributed by atoms with E-state index in [9.17, 15) is 14.4 Å². The summed E-state index contributed by atoms with van der Waals surface area (Å²) in [5, 5.41) is 15.1. The fraction of sp³-hybridized carbons (Fsp3) is 0.515. The third-order valence-electron chi connectivity index (χ3n) is 8.83. The molecule has 2 fully saturated rings. The minimum Gasteiger partial charge on any atom is -0.437 e. The van der Waals surface area contributed by atoms with E-state index < -0.39 is 20.0 Å². The van der Waals surface area contributed by atoms with Crippen LogP contribution in [-0.2, 0) is 27.5 Å². The molecular formula is C33H41N7O5Si. The van der Waals surface area contributed by atoms with Crippen LogP contribution in [0.5, 0.6) is 11.6 Å². The van der Waals surface area contributed by atoms with Gasteiger partial charge in [0.15, 0.2) is 5.65 Å². The molecule has 2 aliphatic carbocycles. The Bertz CT molecular complexity index is 1700. The van der Waals surface area contributed by atoms with E-state index in [1.807, 2.05) is 18.2 Å². The Morgan fingerprint density at radius 1 is 1.17 bits per heavy atom. The first-order valence-corrected chi connectivity index (χ1v) is 19.7. The van der Waals surface area contributed by atoms with Crippen LogP contribution >= 0.6 is 0 Å². The van der Waals surface area contributed by atoms with Crippen molar-refractivity contribution >= 4 is 37.0 Å². The quantitative estimate of drug-likeness (QED) is 0.221. The normalized spacial score (nSPS) is 18.4. The van der Waals surface area contributed by atoms with E-state index in [1.54, 1.807) is 15.7 Å². The lowest BCUT2D eigenvalue weighted by atomic mass is 9.99. The van der Waals surface area contributed by atoms with Crippen LogP contribution in [0.25, 0.3) is 11.2 Å². The van der Waals surface area contributed by atoms with E-state index in [0.717, 1.165) is 37.3 Å². The van der Waals surface area contributed by atoms with Gasteiger partial charge in [0, 0.05) is 40.9 Å². The second kappa shape index (κ2) is 12.8. The molecule has 2 N–H and O–H groups in total. The molecule has 0 spiro atoms. The molecule has 3 aromatic rings. The van der Waals surface area contributed by atoms with Crippen molar-refractivity contribution in [3.63, 3.8) is 0 Å². The van der Waals surface area contributed by atoms with Gasteiger partial charge in [0.2, 0.25) is 17.7 Å². The molecule has 2 aromatic heterocycles. The van der Waals surface area contributed by atoms with Crippen LogP contribution in [0.4, 0.5) is 0 Å².